The van der Waals surface area contributed by atoms with Gasteiger partial charge in [-0.25, -0.2) is 0 Å². The van der Waals surface area contributed by atoms with Crippen molar-refractivity contribution >= 4 is 17.2 Å². The molecule has 144 valence electrons. The quantitative estimate of drug-likeness (QED) is 0.842. The SMILES string of the molecule is O=C(c1cn[nH]c1C1CCCCC1)N1CCC2(CC1)OCCc1ccsc12. The summed E-state index contributed by atoms with van der Waals surface area (Å²) in [6.45, 7) is 2.31. The van der Waals surface area contributed by atoms with Crippen LogP contribution in [0.1, 0.15) is 77.4 Å². The first kappa shape index (κ1) is 17.4. The lowest BCUT2D eigenvalue weighted by Crippen LogP contribution is -2.48. The number of hydrogen-bond acceptors (Lipinski definition) is 4. The molecule has 0 bridgehead atoms. The molecule has 1 N–H and O–H groups in total. The number of aromatic amines is 1. The van der Waals surface area contributed by atoms with Gasteiger partial charge < -0.3 is 9.64 Å². The van der Waals surface area contributed by atoms with E-state index in [0.29, 0.717) is 5.92 Å². The molecule has 27 heavy (non-hydrogen) atoms. The van der Waals surface area contributed by atoms with Crippen LogP contribution in [0.3, 0.4) is 0 Å². The zero-order chi connectivity index (χ0) is 18.3. The van der Waals surface area contributed by atoms with Crippen molar-refractivity contribution in [3.63, 3.8) is 0 Å². The zero-order valence-electron chi connectivity index (χ0n) is 15.7. The first-order valence-electron chi connectivity index (χ1n) is 10.3. The first-order chi connectivity index (χ1) is 13.3. The van der Waals surface area contributed by atoms with Gasteiger partial charge >= 0.3 is 0 Å². The monoisotopic (exact) mass is 385 g/mol. The lowest BCUT2D eigenvalue weighted by Gasteiger charge is -2.43. The number of carbonyl (C=O) groups is 1. The molecule has 0 unspecified atom stereocenters. The molecule has 1 amide bonds. The lowest BCUT2D eigenvalue weighted by molar-refractivity contribution is -0.0906. The molecule has 2 aromatic heterocycles. The predicted octanol–water partition coefficient (Wildman–Crippen LogP) is 4.22. The minimum absolute atomic E-state index is 0.140. The van der Waals surface area contributed by atoms with Crippen LogP contribution in [-0.4, -0.2) is 40.7 Å². The highest BCUT2D eigenvalue weighted by atomic mass is 32.1. The van der Waals surface area contributed by atoms with Crippen LogP contribution in [0.15, 0.2) is 17.6 Å². The van der Waals surface area contributed by atoms with Crippen molar-refractivity contribution in [2.45, 2.75) is 62.9 Å². The topological polar surface area (TPSA) is 58.2 Å². The van der Waals surface area contributed by atoms with Crippen LogP contribution in [0.2, 0.25) is 0 Å². The van der Waals surface area contributed by atoms with Gasteiger partial charge in [-0.3, -0.25) is 9.89 Å². The predicted molar refractivity (Wildman–Crippen MR) is 105 cm³/mol. The summed E-state index contributed by atoms with van der Waals surface area (Å²) in [6.07, 6.45) is 10.7. The molecule has 5 nitrogen and oxygen atoms in total. The van der Waals surface area contributed by atoms with E-state index in [4.69, 9.17) is 4.74 Å². The standard InChI is InChI=1S/C21H27N3O2S/c25-20(17-14-22-23-18(17)15-4-2-1-3-5-15)24-10-8-21(9-11-24)19-16(6-12-26-21)7-13-27-19/h7,13-15H,1-6,8-12H2,(H,22,23). The number of ether oxygens (including phenoxy) is 1. The van der Waals surface area contributed by atoms with E-state index >= 15 is 0 Å². The molecule has 6 heteroatoms. The van der Waals surface area contributed by atoms with Crippen molar-refractivity contribution < 1.29 is 9.53 Å². The molecular weight excluding hydrogens is 358 g/mol. The third-order valence-electron chi connectivity index (χ3n) is 6.68. The number of thiophene rings is 1. The lowest BCUT2D eigenvalue weighted by atomic mass is 9.84. The van der Waals surface area contributed by atoms with Gasteiger partial charge in [0.05, 0.1) is 24.1 Å². The van der Waals surface area contributed by atoms with Gasteiger partial charge in [-0.05, 0) is 49.1 Å². The summed E-state index contributed by atoms with van der Waals surface area (Å²) in [7, 11) is 0. The Morgan fingerprint density at radius 1 is 1.26 bits per heavy atom. The van der Waals surface area contributed by atoms with Gasteiger partial charge in [0.2, 0.25) is 0 Å². The molecule has 2 aliphatic heterocycles. The van der Waals surface area contributed by atoms with Crippen LogP contribution in [0.4, 0.5) is 0 Å². The van der Waals surface area contributed by atoms with E-state index in [2.05, 4.69) is 21.6 Å². The molecule has 1 aliphatic carbocycles. The van der Waals surface area contributed by atoms with Crippen molar-refractivity contribution in [2.24, 2.45) is 0 Å². The molecule has 0 atom stereocenters. The Morgan fingerprint density at radius 2 is 2.07 bits per heavy atom. The van der Waals surface area contributed by atoms with Gasteiger partial charge in [0, 0.05) is 23.9 Å². The van der Waals surface area contributed by atoms with E-state index in [-0.39, 0.29) is 11.5 Å². The van der Waals surface area contributed by atoms with Crippen LogP contribution in [0.25, 0.3) is 0 Å². The van der Waals surface area contributed by atoms with Crippen LogP contribution in [0, 0.1) is 0 Å². The average Bonchev–Trinajstić information content (AvgIpc) is 3.39. The number of likely N-dealkylation sites (tertiary alicyclic amines) is 1. The van der Waals surface area contributed by atoms with E-state index in [1.807, 2.05) is 16.2 Å². The van der Waals surface area contributed by atoms with Gasteiger partial charge in [0.1, 0.15) is 5.60 Å². The zero-order valence-corrected chi connectivity index (χ0v) is 16.5. The maximum atomic E-state index is 13.2. The number of aromatic nitrogens is 2. The molecule has 5 rings (SSSR count). The number of H-pyrrole nitrogens is 1. The third kappa shape index (κ3) is 3.03. The summed E-state index contributed by atoms with van der Waals surface area (Å²) in [5, 5.41) is 9.55. The highest BCUT2D eigenvalue weighted by Gasteiger charge is 2.43. The van der Waals surface area contributed by atoms with E-state index in [9.17, 15) is 4.79 Å². The fourth-order valence-corrected chi connectivity index (χ4v) is 6.30. The molecular formula is C21H27N3O2S. The third-order valence-corrected chi connectivity index (χ3v) is 7.82. The van der Waals surface area contributed by atoms with E-state index < -0.39 is 0 Å². The maximum Gasteiger partial charge on any atom is 0.257 e. The van der Waals surface area contributed by atoms with Crippen LogP contribution in [0.5, 0.6) is 0 Å². The Labute approximate surface area is 164 Å². The second-order valence-electron chi connectivity index (χ2n) is 8.19. The maximum absolute atomic E-state index is 13.2. The summed E-state index contributed by atoms with van der Waals surface area (Å²) in [6, 6.07) is 2.24. The number of nitrogens with zero attached hydrogens (tertiary/aromatic N) is 2. The Hall–Kier alpha value is -1.66. The Balaban J connectivity index is 1.31. The van der Waals surface area contributed by atoms with Crippen molar-refractivity contribution in [3.8, 4) is 0 Å². The van der Waals surface area contributed by atoms with Crippen LogP contribution < -0.4 is 0 Å². The molecule has 1 saturated heterocycles. The summed E-state index contributed by atoms with van der Waals surface area (Å²) in [4.78, 5) is 16.6. The highest BCUT2D eigenvalue weighted by Crippen LogP contribution is 2.44. The molecule has 3 aliphatic rings. The van der Waals surface area contributed by atoms with Crippen molar-refractivity contribution in [2.75, 3.05) is 19.7 Å². The molecule has 2 fully saturated rings. The number of fused-ring (bicyclic) bond motifs is 2. The number of piperidine rings is 1. The minimum Gasteiger partial charge on any atom is -0.369 e. The number of nitrogens with one attached hydrogen (secondary N) is 1. The highest BCUT2D eigenvalue weighted by molar-refractivity contribution is 7.10. The summed E-state index contributed by atoms with van der Waals surface area (Å²) < 4.78 is 6.28. The molecule has 1 saturated carbocycles. The number of hydrogen-bond donors (Lipinski definition) is 1. The number of carbonyl (C=O) groups excluding carboxylic acids is 1. The Morgan fingerprint density at radius 3 is 2.89 bits per heavy atom. The Kier molecular flexibility index (Phi) is 4.56. The summed E-state index contributed by atoms with van der Waals surface area (Å²) in [5.41, 5.74) is 3.13. The van der Waals surface area contributed by atoms with Crippen LogP contribution in [-0.2, 0) is 16.8 Å². The second kappa shape index (κ2) is 7.06. The Bertz CT molecular complexity index is 813. The van der Waals surface area contributed by atoms with E-state index in [1.54, 1.807) is 6.20 Å². The van der Waals surface area contributed by atoms with Gasteiger partial charge in [-0.2, -0.15) is 5.10 Å². The van der Waals surface area contributed by atoms with E-state index in [1.165, 1.54) is 42.5 Å². The van der Waals surface area contributed by atoms with Gasteiger partial charge in [0.15, 0.2) is 0 Å². The molecule has 4 heterocycles. The minimum atomic E-state index is -0.166. The van der Waals surface area contributed by atoms with Gasteiger partial charge in [-0.1, -0.05) is 19.3 Å². The van der Waals surface area contributed by atoms with Crippen LogP contribution >= 0.6 is 11.3 Å². The van der Waals surface area contributed by atoms with Gasteiger partial charge in [0.25, 0.3) is 5.91 Å². The van der Waals surface area contributed by atoms with Crippen molar-refractivity contribution in [1.29, 1.82) is 0 Å². The molecule has 0 radical (unpaired) electrons. The largest absolute Gasteiger partial charge is 0.369 e. The number of rotatable bonds is 2. The first-order valence-corrected chi connectivity index (χ1v) is 11.2. The van der Waals surface area contributed by atoms with E-state index in [0.717, 1.165) is 50.2 Å². The molecule has 2 aromatic rings. The number of amides is 1. The molecule has 0 aromatic carbocycles. The fourth-order valence-electron chi connectivity index (χ4n) is 5.14. The fraction of sp³-hybridized carbons (Fsp3) is 0.619. The van der Waals surface area contributed by atoms with Crippen molar-refractivity contribution in [1.82, 2.24) is 15.1 Å². The second-order valence-corrected chi connectivity index (χ2v) is 9.11. The average molecular weight is 386 g/mol. The normalized spacial score (nSPS) is 22.7. The molecule has 1 spiro atoms. The smallest absolute Gasteiger partial charge is 0.257 e. The summed E-state index contributed by atoms with van der Waals surface area (Å²) in [5.74, 6) is 0.605. The van der Waals surface area contributed by atoms with Gasteiger partial charge in [-0.15, -0.1) is 11.3 Å². The van der Waals surface area contributed by atoms with Crippen molar-refractivity contribution in [3.05, 3.63) is 39.3 Å². The summed E-state index contributed by atoms with van der Waals surface area (Å²) >= 11 is 1.82.